The smallest absolute Gasteiger partial charge is 0.460 e. The number of alkyl halides is 17. The van der Waals surface area contributed by atoms with E-state index in [0.717, 1.165) is 0 Å². The van der Waals surface area contributed by atoms with Crippen LogP contribution in [0.15, 0.2) is 34.7 Å². The van der Waals surface area contributed by atoms with Crippen molar-refractivity contribution in [3.05, 3.63) is 41.8 Å². The Morgan fingerprint density at radius 1 is 0.711 bits per heavy atom. The Bertz CT molecular complexity index is 1330. The molecule has 4 nitrogen and oxygen atoms in total. The number of aromatic nitrogens is 1. The lowest BCUT2D eigenvalue weighted by Crippen LogP contribution is -2.74. The van der Waals surface area contributed by atoms with Gasteiger partial charge in [0, 0.05) is 17.9 Å². The first-order chi connectivity index (χ1) is 20.0. The Kier molecular flexibility index (Phi) is 9.95. The van der Waals surface area contributed by atoms with Gasteiger partial charge >= 0.3 is 53.6 Å². The van der Waals surface area contributed by atoms with Crippen LogP contribution in [0.25, 0.3) is 11.5 Å². The van der Waals surface area contributed by atoms with Crippen molar-refractivity contribution in [3.63, 3.8) is 0 Å². The zero-order chi connectivity index (χ0) is 35.2. The van der Waals surface area contributed by atoms with Crippen molar-refractivity contribution in [1.29, 1.82) is 0 Å². The summed E-state index contributed by atoms with van der Waals surface area (Å²) in [4.78, 5) is 16.2. The van der Waals surface area contributed by atoms with Crippen LogP contribution in [0.3, 0.4) is 0 Å². The summed E-state index contributed by atoms with van der Waals surface area (Å²) in [6, 6.07) is 7.68. The lowest BCUT2D eigenvalue weighted by molar-refractivity contribution is -0.461. The quantitative estimate of drug-likeness (QED) is 0.119. The molecule has 0 atom stereocenters. The summed E-state index contributed by atoms with van der Waals surface area (Å²) in [5, 5.41) is 0. The van der Waals surface area contributed by atoms with Gasteiger partial charge in [-0.15, -0.1) is 0 Å². The average molecular weight is 691 g/mol. The fourth-order valence-electron chi connectivity index (χ4n) is 3.45. The van der Waals surface area contributed by atoms with Gasteiger partial charge in [-0.3, -0.25) is 0 Å². The topological polar surface area (TPSA) is 52.3 Å². The van der Waals surface area contributed by atoms with E-state index in [-0.39, 0.29) is 11.7 Å². The third kappa shape index (κ3) is 6.14. The predicted octanol–water partition coefficient (Wildman–Crippen LogP) is 9.41. The first-order valence-electron chi connectivity index (χ1n) is 12.0. The van der Waals surface area contributed by atoms with Gasteiger partial charge in [-0.25, -0.2) is 9.78 Å². The summed E-state index contributed by atoms with van der Waals surface area (Å²) >= 11 is 0. The van der Waals surface area contributed by atoms with Gasteiger partial charge in [0.1, 0.15) is 5.76 Å². The lowest BCUT2D eigenvalue weighted by atomic mass is 9.88. The highest BCUT2D eigenvalue weighted by atomic mass is 19.4. The summed E-state index contributed by atoms with van der Waals surface area (Å²) < 4.78 is 237. The summed E-state index contributed by atoms with van der Waals surface area (Å²) in [6.07, 6.45) is -12.2. The highest BCUT2D eigenvalue weighted by Crippen LogP contribution is 2.64. The van der Waals surface area contributed by atoms with E-state index in [0.29, 0.717) is 5.56 Å². The van der Waals surface area contributed by atoms with Gasteiger partial charge < -0.3 is 9.15 Å². The van der Waals surface area contributed by atoms with Crippen LogP contribution in [-0.4, -0.2) is 65.2 Å². The number of nitrogens with zero attached hydrogens (tertiary/aromatic N) is 1. The molecule has 0 bridgehead atoms. The second-order valence-electron chi connectivity index (χ2n) is 9.64. The summed E-state index contributed by atoms with van der Waals surface area (Å²) in [5.74, 6) is -59.2. The molecule has 1 heterocycles. The number of esters is 1. The van der Waals surface area contributed by atoms with Crippen molar-refractivity contribution in [1.82, 2.24) is 4.98 Å². The van der Waals surface area contributed by atoms with Crippen molar-refractivity contribution in [2.45, 2.75) is 80.2 Å². The minimum atomic E-state index is -8.69. The Morgan fingerprint density at radius 3 is 1.60 bits per heavy atom. The second-order valence-corrected chi connectivity index (χ2v) is 9.64. The molecule has 0 saturated heterocycles. The van der Waals surface area contributed by atoms with Gasteiger partial charge in [-0.2, -0.15) is 74.6 Å². The van der Waals surface area contributed by atoms with Crippen LogP contribution in [0, 0.1) is 0 Å². The molecule has 0 aliphatic carbocycles. The molecule has 2 aromatic rings. The van der Waals surface area contributed by atoms with Crippen LogP contribution in [0.1, 0.15) is 48.9 Å². The minimum Gasteiger partial charge on any atom is -0.461 e. The standard InChI is InChI=1S/C24H18F17NO3/c1-11(2)14-13(42-15(45-14)12-7-4-3-5-8-12)16(43)44-10-6-9-17(25,26)18(27,28)19(29,30)20(31,32)21(33,34)22(35,36)23(37,38)24(39,40)41/h3-5,7-8,11H,6,9-10H2,1-2H3. The van der Waals surface area contributed by atoms with Gasteiger partial charge in [0.15, 0.2) is 5.69 Å². The van der Waals surface area contributed by atoms with E-state index in [4.69, 9.17) is 4.42 Å². The largest absolute Gasteiger partial charge is 0.461 e. The summed E-state index contributed by atoms with van der Waals surface area (Å²) in [6.45, 7) is 1.60. The number of hydrogen-bond donors (Lipinski definition) is 0. The molecule has 0 aliphatic rings. The first kappa shape index (κ1) is 37.9. The van der Waals surface area contributed by atoms with Crippen molar-refractivity contribution in [2.24, 2.45) is 0 Å². The van der Waals surface area contributed by atoms with Gasteiger partial charge in [-0.1, -0.05) is 32.0 Å². The third-order valence-electron chi connectivity index (χ3n) is 6.05. The molecular weight excluding hydrogens is 673 g/mol. The number of halogens is 17. The molecular formula is C24H18F17NO3. The Hall–Kier alpha value is -3.29. The Morgan fingerprint density at radius 2 is 1.16 bits per heavy atom. The number of ether oxygens (including phenoxy) is 1. The van der Waals surface area contributed by atoms with E-state index in [9.17, 15) is 79.4 Å². The fraction of sp³-hybridized carbons (Fsp3) is 0.583. The summed E-state index contributed by atoms with van der Waals surface area (Å²) in [5.41, 5.74) is -0.227. The molecule has 1 aromatic heterocycles. The van der Waals surface area contributed by atoms with Crippen LogP contribution in [-0.2, 0) is 4.74 Å². The number of oxazole rings is 1. The predicted molar refractivity (Wildman–Crippen MR) is 116 cm³/mol. The normalized spacial score (nSPS) is 14.7. The fourth-order valence-corrected chi connectivity index (χ4v) is 3.45. The maximum atomic E-state index is 14.1. The molecule has 45 heavy (non-hydrogen) atoms. The van der Waals surface area contributed by atoms with E-state index in [1.807, 2.05) is 0 Å². The van der Waals surface area contributed by atoms with Crippen LogP contribution in [0.5, 0.6) is 0 Å². The maximum absolute atomic E-state index is 14.1. The van der Waals surface area contributed by atoms with Crippen LogP contribution >= 0.6 is 0 Å². The molecule has 0 radical (unpaired) electrons. The van der Waals surface area contributed by atoms with Crippen LogP contribution < -0.4 is 0 Å². The molecule has 1 aromatic carbocycles. The van der Waals surface area contributed by atoms with Crippen molar-refractivity contribution in [3.8, 4) is 11.5 Å². The van der Waals surface area contributed by atoms with Crippen molar-refractivity contribution in [2.75, 3.05) is 6.61 Å². The average Bonchev–Trinajstić information content (AvgIpc) is 3.36. The monoisotopic (exact) mass is 691 g/mol. The van der Waals surface area contributed by atoms with E-state index >= 15 is 0 Å². The highest BCUT2D eigenvalue weighted by Gasteiger charge is 2.95. The lowest BCUT2D eigenvalue weighted by Gasteiger charge is -2.42. The zero-order valence-electron chi connectivity index (χ0n) is 22.2. The molecule has 21 heteroatoms. The van der Waals surface area contributed by atoms with E-state index < -0.39 is 84.7 Å². The van der Waals surface area contributed by atoms with Crippen LogP contribution in [0.4, 0.5) is 74.6 Å². The van der Waals surface area contributed by atoms with E-state index in [2.05, 4.69) is 9.72 Å². The highest BCUT2D eigenvalue weighted by molar-refractivity contribution is 5.89. The minimum absolute atomic E-state index is 0.133. The molecule has 0 fully saturated rings. The van der Waals surface area contributed by atoms with Gasteiger partial charge in [0.05, 0.1) is 6.61 Å². The number of rotatable bonds is 13. The van der Waals surface area contributed by atoms with Crippen molar-refractivity contribution < 1.29 is 88.6 Å². The van der Waals surface area contributed by atoms with E-state index in [1.54, 1.807) is 18.2 Å². The molecule has 2 rings (SSSR count). The number of carbonyl (C=O) groups is 1. The maximum Gasteiger partial charge on any atom is 0.460 e. The molecule has 0 aliphatic heterocycles. The van der Waals surface area contributed by atoms with Gasteiger partial charge in [-0.05, 0) is 18.6 Å². The number of benzene rings is 1. The first-order valence-corrected chi connectivity index (χ1v) is 12.0. The molecule has 0 unspecified atom stereocenters. The zero-order valence-corrected chi connectivity index (χ0v) is 22.2. The molecule has 256 valence electrons. The Balaban J connectivity index is 2.25. The molecule has 0 saturated carbocycles. The van der Waals surface area contributed by atoms with E-state index in [1.165, 1.54) is 26.0 Å². The third-order valence-corrected chi connectivity index (χ3v) is 6.05. The van der Waals surface area contributed by atoms with Gasteiger partial charge in [0.2, 0.25) is 5.89 Å². The second kappa shape index (κ2) is 11.8. The molecule has 0 spiro atoms. The number of carbonyl (C=O) groups excluding carboxylic acids is 1. The number of hydrogen-bond acceptors (Lipinski definition) is 4. The Labute approximate surface area is 240 Å². The summed E-state index contributed by atoms with van der Waals surface area (Å²) in [7, 11) is 0. The van der Waals surface area contributed by atoms with Crippen molar-refractivity contribution >= 4 is 5.97 Å². The van der Waals surface area contributed by atoms with Gasteiger partial charge in [0.25, 0.3) is 0 Å². The SMILES string of the molecule is CC(C)c1oc(-c2ccccc2)nc1C(=O)OCCCC(F)(F)C(F)(F)C(F)(F)C(F)(F)C(F)(F)C(F)(F)C(F)(F)C(F)(F)F. The molecule has 0 amide bonds. The van der Waals surface area contributed by atoms with Crippen LogP contribution in [0.2, 0.25) is 0 Å². The molecule has 0 N–H and O–H groups in total.